The van der Waals surface area contributed by atoms with Gasteiger partial charge in [-0.2, -0.15) is 0 Å². The van der Waals surface area contributed by atoms with Gasteiger partial charge >= 0.3 is 0 Å². The Kier molecular flexibility index (Phi) is 5.64. The molecule has 4 nitrogen and oxygen atoms in total. The normalized spacial score (nSPS) is 26.3. The predicted molar refractivity (Wildman–Crippen MR) is 78.2 cm³/mol. The third-order valence-corrected chi connectivity index (χ3v) is 4.49. The first-order valence-electron chi connectivity index (χ1n) is 7.96. The molecule has 1 amide bonds. The molecule has 19 heavy (non-hydrogen) atoms. The maximum absolute atomic E-state index is 12.5. The van der Waals surface area contributed by atoms with Crippen LogP contribution in [-0.2, 0) is 4.79 Å². The number of amides is 1. The third-order valence-electron chi connectivity index (χ3n) is 4.49. The van der Waals surface area contributed by atoms with Crippen molar-refractivity contribution in [3.05, 3.63) is 0 Å². The number of rotatable bonds is 4. The monoisotopic (exact) mass is 267 g/mol. The van der Waals surface area contributed by atoms with Crippen LogP contribution >= 0.6 is 0 Å². The highest BCUT2D eigenvalue weighted by atomic mass is 16.2. The van der Waals surface area contributed by atoms with Crippen molar-refractivity contribution < 1.29 is 4.79 Å². The molecule has 1 aliphatic heterocycles. The van der Waals surface area contributed by atoms with Crippen molar-refractivity contribution >= 4 is 5.91 Å². The molecule has 1 saturated carbocycles. The van der Waals surface area contributed by atoms with E-state index in [-0.39, 0.29) is 0 Å². The van der Waals surface area contributed by atoms with Crippen molar-refractivity contribution in [3.63, 3.8) is 0 Å². The van der Waals surface area contributed by atoms with Crippen LogP contribution in [0.1, 0.15) is 46.0 Å². The molecule has 1 N–H and O–H groups in total. The minimum Gasteiger partial charge on any atom is -0.339 e. The van der Waals surface area contributed by atoms with E-state index in [0.717, 1.165) is 26.2 Å². The van der Waals surface area contributed by atoms with E-state index >= 15 is 0 Å². The second kappa shape index (κ2) is 7.25. The van der Waals surface area contributed by atoms with Gasteiger partial charge in [0.2, 0.25) is 5.91 Å². The van der Waals surface area contributed by atoms with Gasteiger partial charge in [0, 0.05) is 38.3 Å². The van der Waals surface area contributed by atoms with Crippen LogP contribution < -0.4 is 5.32 Å². The van der Waals surface area contributed by atoms with Gasteiger partial charge in [-0.05, 0) is 26.7 Å². The number of hydrogen-bond acceptors (Lipinski definition) is 3. The number of nitrogens with zero attached hydrogens (tertiary/aromatic N) is 2. The molecule has 1 atom stereocenters. The van der Waals surface area contributed by atoms with Gasteiger partial charge in [0.1, 0.15) is 0 Å². The third kappa shape index (κ3) is 4.18. The fraction of sp³-hybridized carbons (Fsp3) is 0.933. The Hall–Kier alpha value is -0.610. The number of carbonyl (C=O) groups is 1. The molecule has 2 fully saturated rings. The van der Waals surface area contributed by atoms with Crippen LogP contribution in [0.4, 0.5) is 0 Å². The van der Waals surface area contributed by atoms with Crippen LogP contribution in [0.15, 0.2) is 0 Å². The standard InChI is InChI=1S/C15H29N3O/c1-3-18(14-7-5-4-6-8-14)15(19)12-17-10-9-16-13(2)11-17/h13-14,16H,3-12H2,1-2H3/t13-/m1/s1. The first kappa shape index (κ1) is 14.8. The molecule has 2 aliphatic rings. The number of hydrogen-bond donors (Lipinski definition) is 1. The van der Waals surface area contributed by atoms with Gasteiger partial charge in [-0.1, -0.05) is 19.3 Å². The van der Waals surface area contributed by atoms with E-state index in [4.69, 9.17) is 0 Å². The van der Waals surface area contributed by atoms with Crippen molar-refractivity contribution in [3.8, 4) is 0 Å². The largest absolute Gasteiger partial charge is 0.339 e. The average Bonchev–Trinajstić information content (AvgIpc) is 2.41. The van der Waals surface area contributed by atoms with Crippen LogP contribution in [-0.4, -0.2) is 60.5 Å². The SMILES string of the molecule is CCN(C(=O)CN1CCN[C@H](C)C1)C1CCCCC1. The predicted octanol–water partition coefficient (Wildman–Crippen LogP) is 1.46. The molecule has 0 spiro atoms. The number of carbonyl (C=O) groups excluding carboxylic acids is 1. The Morgan fingerprint density at radius 3 is 2.68 bits per heavy atom. The van der Waals surface area contributed by atoms with Crippen LogP contribution in [0.2, 0.25) is 0 Å². The summed E-state index contributed by atoms with van der Waals surface area (Å²) in [5.74, 6) is 0.337. The van der Waals surface area contributed by atoms with E-state index in [1.54, 1.807) is 0 Å². The summed E-state index contributed by atoms with van der Waals surface area (Å²) >= 11 is 0. The van der Waals surface area contributed by atoms with E-state index in [1.807, 2.05) is 0 Å². The van der Waals surface area contributed by atoms with Gasteiger partial charge in [0.25, 0.3) is 0 Å². The molecule has 0 aromatic heterocycles. The molecule has 0 unspecified atom stereocenters. The highest BCUT2D eigenvalue weighted by Crippen LogP contribution is 2.22. The van der Waals surface area contributed by atoms with Crippen LogP contribution in [0.3, 0.4) is 0 Å². The molecule has 1 aliphatic carbocycles. The smallest absolute Gasteiger partial charge is 0.236 e. The van der Waals surface area contributed by atoms with Crippen molar-refractivity contribution in [1.82, 2.24) is 15.1 Å². The summed E-state index contributed by atoms with van der Waals surface area (Å²) in [5.41, 5.74) is 0. The Bertz CT molecular complexity index is 289. The average molecular weight is 267 g/mol. The van der Waals surface area contributed by atoms with Crippen molar-refractivity contribution in [2.24, 2.45) is 0 Å². The van der Waals surface area contributed by atoms with Crippen LogP contribution in [0.5, 0.6) is 0 Å². The van der Waals surface area contributed by atoms with Gasteiger partial charge in [0.05, 0.1) is 6.54 Å². The van der Waals surface area contributed by atoms with Gasteiger partial charge < -0.3 is 10.2 Å². The van der Waals surface area contributed by atoms with E-state index < -0.39 is 0 Å². The lowest BCUT2D eigenvalue weighted by molar-refractivity contribution is -0.135. The first-order chi connectivity index (χ1) is 9.20. The molecule has 1 heterocycles. The fourth-order valence-corrected chi connectivity index (χ4v) is 3.47. The van der Waals surface area contributed by atoms with Gasteiger partial charge in [-0.3, -0.25) is 9.69 Å². The van der Waals surface area contributed by atoms with E-state index in [9.17, 15) is 4.79 Å². The highest BCUT2D eigenvalue weighted by molar-refractivity contribution is 5.78. The molecule has 1 saturated heterocycles. The minimum atomic E-state index is 0.337. The second-order valence-electron chi connectivity index (χ2n) is 6.06. The second-order valence-corrected chi connectivity index (χ2v) is 6.06. The maximum Gasteiger partial charge on any atom is 0.236 e. The number of nitrogens with one attached hydrogen (secondary N) is 1. The van der Waals surface area contributed by atoms with Crippen LogP contribution in [0.25, 0.3) is 0 Å². The molecule has 0 aromatic carbocycles. The van der Waals surface area contributed by atoms with Crippen molar-refractivity contribution in [2.45, 2.75) is 58.0 Å². The Labute approximate surface area is 117 Å². The van der Waals surface area contributed by atoms with E-state index in [2.05, 4.69) is 29.0 Å². The summed E-state index contributed by atoms with van der Waals surface area (Å²) in [6.45, 7) is 8.78. The van der Waals surface area contributed by atoms with E-state index in [1.165, 1.54) is 32.1 Å². The molecular formula is C15H29N3O. The van der Waals surface area contributed by atoms with Crippen LogP contribution in [0, 0.1) is 0 Å². The maximum atomic E-state index is 12.5. The zero-order valence-electron chi connectivity index (χ0n) is 12.5. The van der Waals surface area contributed by atoms with E-state index in [0.29, 0.717) is 24.5 Å². The lowest BCUT2D eigenvalue weighted by Gasteiger charge is -2.37. The molecule has 0 radical (unpaired) electrons. The topological polar surface area (TPSA) is 35.6 Å². The number of piperazine rings is 1. The summed E-state index contributed by atoms with van der Waals surface area (Å²) in [5, 5.41) is 3.43. The van der Waals surface area contributed by atoms with Gasteiger partial charge in [0.15, 0.2) is 0 Å². The quantitative estimate of drug-likeness (QED) is 0.837. The highest BCUT2D eigenvalue weighted by Gasteiger charge is 2.26. The fourth-order valence-electron chi connectivity index (χ4n) is 3.47. The minimum absolute atomic E-state index is 0.337. The summed E-state index contributed by atoms with van der Waals surface area (Å²) in [4.78, 5) is 16.9. The first-order valence-corrected chi connectivity index (χ1v) is 7.96. The molecule has 0 aromatic rings. The van der Waals surface area contributed by atoms with Gasteiger partial charge in [-0.25, -0.2) is 0 Å². The Morgan fingerprint density at radius 2 is 2.05 bits per heavy atom. The van der Waals surface area contributed by atoms with Gasteiger partial charge in [-0.15, -0.1) is 0 Å². The molecular weight excluding hydrogens is 238 g/mol. The molecule has 4 heteroatoms. The zero-order valence-corrected chi connectivity index (χ0v) is 12.5. The summed E-state index contributed by atoms with van der Waals surface area (Å²) in [6.07, 6.45) is 6.34. The lowest BCUT2D eigenvalue weighted by Crippen LogP contribution is -2.53. The molecule has 0 bridgehead atoms. The zero-order chi connectivity index (χ0) is 13.7. The van der Waals surface area contributed by atoms with Crippen molar-refractivity contribution in [2.75, 3.05) is 32.7 Å². The molecule has 2 rings (SSSR count). The molecule has 110 valence electrons. The Balaban J connectivity index is 1.85. The summed E-state index contributed by atoms with van der Waals surface area (Å²) in [7, 11) is 0. The lowest BCUT2D eigenvalue weighted by atomic mass is 9.94. The summed E-state index contributed by atoms with van der Waals surface area (Å²) < 4.78 is 0. The Morgan fingerprint density at radius 1 is 1.32 bits per heavy atom. The number of likely N-dealkylation sites (N-methyl/N-ethyl adjacent to an activating group) is 1. The summed E-state index contributed by atoms with van der Waals surface area (Å²) in [6, 6.07) is 1.01. The van der Waals surface area contributed by atoms with Crippen molar-refractivity contribution in [1.29, 1.82) is 0 Å².